The van der Waals surface area contributed by atoms with Crippen LogP contribution in [-0.4, -0.2) is 45.7 Å². The predicted octanol–water partition coefficient (Wildman–Crippen LogP) is 2.31. The molecule has 1 aromatic carbocycles. The number of hydrogen-bond donors (Lipinski definition) is 3. The highest BCUT2D eigenvalue weighted by molar-refractivity contribution is 5.93. The van der Waals surface area contributed by atoms with Crippen LogP contribution in [0.4, 0.5) is 0 Å². The zero-order valence-corrected chi connectivity index (χ0v) is 16.2. The Hall–Kier alpha value is -2.08. The van der Waals surface area contributed by atoms with Gasteiger partial charge in [0.1, 0.15) is 0 Å². The average molecular weight is 361 g/mol. The molecule has 0 aliphatic heterocycles. The number of hydrogen-bond acceptors (Lipinski definition) is 3. The summed E-state index contributed by atoms with van der Waals surface area (Å²) in [4.78, 5) is 16.3. The first-order valence-electron chi connectivity index (χ1n) is 9.44. The van der Waals surface area contributed by atoms with E-state index in [1.165, 1.54) is 19.3 Å². The molecular formula is C20H32N4O2. The van der Waals surface area contributed by atoms with Crippen LogP contribution in [-0.2, 0) is 11.3 Å². The number of guanidine groups is 1. The van der Waals surface area contributed by atoms with E-state index in [9.17, 15) is 4.79 Å². The van der Waals surface area contributed by atoms with Crippen LogP contribution in [0.15, 0.2) is 29.3 Å². The number of carbonyl (C=O) groups is 1. The Morgan fingerprint density at radius 1 is 1.23 bits per heavy atom. The summed E-state index contributed by atoms with van der Waals surface area (Å²) in [5.74, 6) is 0.767. The van der Waals surface area contributed by atoms with E-state index in [0.29, 0.717) is 17.5 Å². The van der Waals surface area contributed by atoms with Crippen molar-refractivity contribution in [2.24, 2.45) is 10.4 Å². The fraction of sp³-hybridized carbons (Fsp3) is 0.600. The molecular weight excluding hydrogens is 328 g/mol. The van der Waals surface area contributed by atoms with Crippen LogP contribution in [0.2, 0.25) is 0 Å². The third-order valence-corrected chi connectivity index (χ3v) is 5.09. The number of nitrogens with one attached hydrogen (secondary N) is 3. The highest BCUT2D eigenvalue weighted by Gasteiger charge is 2.36. The molecule has 1 aromatic rings. The summed E-state index contributed by atoms with van der Waals surface area (Å²) >= 11 is 0. The summed E-state index contributed by atoms with van der Waals surface area (Å²) in [6, 6.07) is 7.56. The van der Waals surface area contributed by atoms with Crippen LogP contribution in [0.25, 0.3) is 0 Å². The van der Waals surface area contributed by atoms with Crippen molar-refractivity contribution in [3.05, 3.63) is 35.4 Å². The number of nitrogens with zero attached hydrogens (tertiary/aromatic N) is 1. The molecule has 0 heterocycles. The lowest BCUT2D eigenvalue weighted by Gasteiger charge is -2.42. The molecule has 0 radical (unpaired) electrons. The third-order valence-electron chi connectivity index (χ3n) is 5.09. The molecule has 6 nitrogen and oxygen atoms in total. The van der Waals surface area contributed by atoms with Gasteiger partial charge in [-0.1, -0.05) is 18.6 Å². The number of carbonyl (C=O) groups excluding carboxylic acids is 1. The maximum absolute atomic E-state index is 11.6. The Bertz CT molecular complexity index is 594. The normalized spacial score (nSPS) is 15.9. The SMILES string of the molecule is CCNC(=NCc1ccc(C(=O)NC)cc1)NCC1(CCOC)CCC1. The standard InChI is InChI=1S/C20H32N4O2/c1-4-22-19(24-15-20(10-5-11-20)12-13-26-3)23-14-16-6-8-17(9-7-16)18(25)21-2/h6-9H,4-5,10-15H2,1-3H3,(H,21,25)(H2,22,23,24). The minimum absolute atomic E-state index is 0.0723. The van der Waals surface area contributed by atoms with Crippen molar-refractivity contribution in [1.82, 2.24) is 16.0 Å². The monoisotopic (exact) mass is 360 g/mol. The molecule has 26 heavy (non-hydrogen) atoms. The topological polar surface area (TPSA) is 74.8 Å². The number of benzene rings is 1. The lowest BCUT2D eigenvalue weighted by Crippen LogP contribution is -2.46. The van der Waals surface area contributed by atoms with Gasteiger partial charge in [0.15, 0.2) is 5.96 Å². The Labute approximate surface area is 156 Å². The van der Waals surface area contributed by atoms with Crippen molar-refractivity contribution in [3.8, 4) is 0 Å². The molecule has 0 aromatic heterocycles. The number of ether oxygens (including phenoxy) is 1. The summed E-state index contributed by atoms with van der Waals surface area (Å²) in [6.45, 7) is 5.21. The molecule has 144 valence electrons. The van der Waals surface area contributed by atoms with Gasteiger partial charge in [0.25, 0.3) is 5.91 Å². The molecule has 2 rings (SSSR count). The van der Waals surface area contributed by atoms with Crippen molar-refractivity contribution in [3.63, 3.8) is 0 Å². The maximum Gasteiger partial charge on any atom is 0.251 e. The van der Waals surface area contributed by atoms with Crippen molar-refractivity contribution in [2.75, 3.05) is 33.9 Å². The number of rotatable bonds is 9. The third kappa shape index (κ3) is 5.73. The molecule has 1 aliphatic carbocycles. The van der Waals surface area contributed by atoms with E-state index in [0.717, 1.165) is 37.6 Å². The zero-order valence-electron chi connectivity index (χ0n) is 16.2. The molecule has 0 bridgehead atoms. The van der Waals surface area contributed by atoms with Gasteiger partial charge in [-0.15, -0.1) is 0 Å². The molecule has 0 atom stereocenters. The first kappa shape index (κ1) is 20.2. The minimum Gasteiger partial charge on any atom is -0.385 e. The average Bonchev–Trinajstić information content (AvgIpc) is 2.64. The molecule has 1 saturated carbocycles. The van der Waals surface area contributed by atoms with Crippen LogP contribution < -0.4 is 16.0 Å². The second kappa shape index (κ2) is 10.2. The Kier molecular flexibility index (Phi) is 7.91. The van der Waals surface area contributed by atoms with Gasteiger partial charge < -0.3 is 20.7 Å². The first-order valence-corrected chi connectivity index (χ1v) is 9.44. The summed E-state index contributed by atoms with van der Waals surface area (Å²) in [7, 11) is 3.40. The highest BCUT2D eigenvalue weighted by atomic mass is 16.5. The van der Waals surface area contributed by atoms with Gasteiger partial charge in [-0.05, 0) is 49.3 Å². The van der Waals surface area contributed by atoms with Gasteiger partial charge in [-0.25, -0.2) is 4.99 Å². The summed E-state index contributed by atoms with van der Waals surface area (Å²) < 4.78 is 5.27. The smallest absolute Gasteiger partial charge is 0.251 e. The number of methoxy groups -OCH3 is 1. The second-order valence-electron chi connectivity index (χ2n) is 6.92. The molecule has 0 saturated heterocycles. The molecule has 0 spiro atoms. The molecule has 1 aliphatic rings. The number of amides is 1. The zero-order chi connectivity index (χ0) is 18.8. The molecule has 3 N–H and O–H groups in total. The molecule has 1 amide bonds. The van der Waals surface area contributed by atoms with Gasteiger partial charge in [0, 0.05) is 39.4 Å². The van der Waals surface area contributed by atoms with Gasteiger partial charge in [-0.3, -0.25) is 4.79 Å². The van der Waals surface area contributed by atoms with Gasteiger partial charge in [0.2, 0.25) is 0 Å². The first-order chi connectivity index (χ1) is 12.6. The van der Waals surface area contributed by atoms with E-state index < -0.39 is 0 Å². The van der Waals surface area contributed by atoms with Crippen molar-refractivity contribution in [2.45, 2.75) is 39.2 Å². The Morgan fingerprint density at radius 3 is 2.50 bits per heavy atom. The minimum atomic E-state index is -0.0723. The summed E-state index contributed by atoms with van der Waals surface area (Å²) in [5, 5.41) is 9.44. The van der Waals surface area contributed by atoms with Crippen LogP contribution >= 0.6 is 0 Å². The Morgan fingerprint density at radius 2 is 1.96 bits per heavy atom. The van der Waals surface area contributed by atoms with E-state index in [2.05, 4.69) is 27.9 Å². The van der Waals surface area contributed by atoms with Crippen molar-refractivity contribution < 1.29 is 9.53 Å². The van der Waals surface area contributed by atoms with E-state index >= 15 is 0 Å². The van der Waals surface area contributed by atoms with E-state index in [4.69, 9.17) is 4.74 Å². The van der Waals surface area contributed by atoms with Gasteiger partial charge in [0.05, 0.1) is 6.54 Å². The summed E-state index contributed by atoms with van der Waals surface area (Å²) in [5.41, 5.74) is 2.09. The maximum atomic E-state index is 11.6. The van der Waals surface area contributed by atoms with E-state index in [1.807, 2.05) is 24.3 Å². The number of aliphatic imine (C=N–C) groups is 1. The lowest BCUT2D eigenvalue weighted by atomic mass is 9.67. The van der Waals surface area contributed by atoms with E-state index in [1.54, 1.807) is 14.2 Å². The quantitative estimate of drug-likeness (QED) is 0.467. The Balaban J connectivity index is 1.92. The molecule has 0 unspecified atom stereocenters. The van der Waals surface area contributed by atoms with Gasteiger partial charge in [-0.2, -0.15) is 0 Å². The largest absolute Gasteiger partial charge is 0.385 e. The molecule has 1 fully saturated rings. The summed E-state index contributed by atoms with van der Waals surface area (Å²) in [6.07, 6.45) is 4.90. The van der Waals surface area contributed by atoms with Crippen LogP contribution in [0.1, 0.15) is 48.5 Å². The van der Waals surface area contributed by atoms with E-state index in [-0.39, 0.29) is 5.91 Å². The van der Waals surface area contributed by atoms with Crippen LogP contribution in [0.3, 0.4) is 0 Å². The van der Waals surface area contributed by atoms with Crippen molar-refractivity contribution >= 4 is 11.9 Å². The predicted molar refractivity (Wildman–Crippen MR) is 105 cm³/mol. The fourth-order valence-corrected chi connectivity index (χ4v) is 3.20. The van der Waals surface area contributed by atoms with Crippen molar-refractivity contribution in [1.29, 1.82) is 0 Å². The van der Waals surface area contributed by atoms with Gasteiger partial charge >= 0.3 is 0 Å². The fourth-order valence-electron chi connectivity index (χ4n) is 3.20. The molecule has 6 heteroatoms. The second-order valence-corrected chi connectivity index (χ2v) is 6.92. The van der Waals surface area contributed by atoms with Crippen LogP contribution in [0.5, 0.6) is 0 Å². The lowest BCUT2D eigenvalue weighted by molar-refractivity contribution is 0.0732. The van der Waals surface area contributed by atoms with Crippen LogP contribution in [0, 0.1) is 5.41 Å². The highest BCUT2D eigenvalue weighted by Crippen LogP contribution is 2.43.